The molecule has 0 aliphatic heterocycles. The van der Waals surface area contributed by atoms with Crippen LogP contribution in [0, 0.1) is 0 Å². The van der Waals surface area contributed by atoms with Crippen LogP contribution < -0.4 is 11.1 Å². The monoisotopic (exact) mass is 283 g/mol. The van der Waals surface area contributed by atoms with Crippen LogP contribution in [0.5, 0.6) is 0 Å². The third-order valence-corrected chi connectivity index (χ3v) is 2.41. The van der Waals surface area contributed by atoms with Crippen molar-refractivity contribution in [2.75, 3.05) is 17.6 Å². The predicted octanol–water partition coefficient (Wildman–Crippen LogP) is 2.13. The van der Waals surface area contributed by atoms with Crippen molar-refractivity contribution in [2.24, 2.45) is 0 Å². The molecule has 0 aliphatic rings. The Kier molecular flexibility index (Phi) is 4.02. The van der Waals surface area contributed by atoms with E-state index >= 15 is 0 Å². The molecule has 0 fully saturated rings. The summed E-state index contributed by atoms with van der Waals surface area (Å²) < 4.78 is 37.6. The van der Waals surface area contributed by atoms with Crippen LogP contribution in [0.3, 0.4) is 0 Å². The fraction of sp³-hybridized carbons (Fsp3) is 0.250. The molecule has 0 atom stereocenters. The molecule has 0 unspecified atom stereocenters. The van der Waals surface area contributed by atoms with Crippen molar-refractivity contribution in [3.8, 4) is 0 Å². The number of nitrogens with zero attached hydrogens (tertiary/aromatic N) is 3. The maximum atomic E-state index is 12.5. The minimum atomic E-state index is -4.62. The molecule has 0 saturated heterocycles. The van der Waals surface area contributed by atoms with Gasteiger partial charge in [0, 0.05) is 30.9 Å². The summed E-state index contributed by atoms with van der Waals surface area (Å²) in [5, 5.41) is 2.78. The zero-order chi connectivity index (χ0) is 14.6. The number of nitrogen functional groups attached to an aromatic ring is 1. The third kappa shape index (κ3) is 3.81. The lowest BCUT2D eigenvalue weighted by Crippen LogP contribution is -2.15. The van der Waals surface area contributed by atoms with Gasteiger partial charge in [0.05, 0.1) is 0 Å². The van der Waals surface area contributed by atoms with E-state index in [4.69, 9.17) is 5.73 Å². The van der Waals surface area contributed by atoms with Crippen LogP contribution in [0.2, 0.25) is 0 Å². The first-order valence-electron chi connectivity index (χ1n) is 5.80. The zero-order valence-electron chi connectivity index (χ0n) is 10.4. The summed E-state index contributed by atoms with van der Waals surface area (Å²) >= 11 is 0. The smallest absolute Gasteiger partial charge is 0.384 e. The van der Waals surface area contributed by atoms with E-state index in [2.05, 4.69) is 20.3 Å². The van der Waals surface area contributed by atoms with Gasteiger partial charge >= 0.3 is 6.18 Å². The Morgan fingerprint density at radius 2 is 2.00 bits per heavy atom. The van der Waals surface area contributed by atoms with Crippen molar-refractivity contribution in [3.05, 3.63) is 42.0 Å². The molecule has 2 aromatic rings. The molecular weight excluding hydrogens is 271 g/mol. The highest BCUT2D eigenvalue weighted by Crippen LogP contribution is 2.27. The molecule has 2 rings (SSSR count). The molecule has 106 valence electrons. The molecule has 20 heavy (non-hydrogen) atoms. The average molecular weight is 283 g/mol. The van der Waals surface area contributed by atoms with Crippen molar-refractivity contribution in [2.45, 2.75) is 12.6 Å². The quantitative estimate of drug-likeness (QED) is 0.898. The van der Waals surface area contributed by atoms with Crippen molar-refractivity contribution in [1.29, 1.82) is 0 Å². The van der Waals surface area contributed by atoms with Crippen molar-refractivity contribution >= 4 is 11.6 Å². The van der Waals surface area contributed by atoms with Crippen LogP contribution in [-0.2, 0) is 12.6 Å². The van der Waals surface area contributed by atoms with E-state index in [1.807, 2.05) is 12.1 Å². The number of hydrogen-bond donors (Lipinski definition) is 2. The fourth-order valence-electron chi connectivity index (χ4n) is 1.55. The van der Waals surface area contributed by atoms with Gasteiger partial charge in [0.2, 0.25) is 5.82 Å². The average Bonchev–Trinajstić information content (AvgIpc) is 2.38. The van der Waals surface area contributed by atoms with E-state index in [0.717, 1.165) is 5.69 Å². The van der Waals surface area contributed by atoms with Crippen molar-refractivity contribution in [3.63, 3.8) is 0 Å². The first kappa shape index (κ1) is 14.0. The van der Waals surface area contributed by atoms with E-state index in [0.29, 0.717) is 13.0 Å². The number of nitrogens with two attached hydrogens (primary N) is 1. The van der Waals surface area contributed by atoms with E-state index < -0.39 is 12.0 Å². The molecule has 8 heteroatoms. The normalized spacial score (nSPS) is 11.3. The van der Waals surface area contributed by atoms with Crippen LogP contribution in [0.15, 0.2) is 30.5 Å². The molecule has 3 N–H and O–H groups in total. The highest BCUT2D eigenvalue weighted by Gasteiger charge is 2.35. The topological polar surface area (TPSA) is 76.7 Å². The van der Waals surface area contributed by atoms with Crippen molar-refractivity contribution < 1.29 is 13.2 Å². The Labute approximate surface area is 113 Å². The van der Waals surface area contributed by atoms with E-state index in [9.17, 15) is 13.2 Å². The molecule has 2 aromatic heterocycles. The molecule has 2 heterocycles. The molecular formula is C12H12F3N5. The predicted molar refractivity (Wildman–Crippen MR) is 67.9 cm³/mol. The summed E-state index contributed by atoms with van der Waals surface area (Å²) in [5.74, 6) is -1.44. The highest BCUT2D eigenvalue weighted by molar-refractivity contribution is 5.45. The molecule has 0 saturated carbocycles. The number of alkyl halides is 3. The van der Waals surface area contributed by atoms with Crippen LogP contribution >= 0.6 is 0 Å². The van der Waals surface area contributed by atoms with Gasteiger partial charge in [-0.05, 0) is 12.1 Å². The first-order chi connectivity index (χ1) is 9.45. The Hall–Kier alpha value is -2.38. The van der Waals surface area contributed by atoms with E-state index in [-0.39, 0.29) is 11.6 Å². The molecule has 0 aliphatic carbocycles. The zero-order valence-corrected chi connectivity index (χ0v) is 10.4. The summed E-state index contributed by atoms with van der Waals surface area (Å²) in [6, 6.07) is 6.72. The van der Waals surface area contributed by atoms with Crippen LogP contribution in [0.4, 0.5) is 24.8 Å². The second-order valence-corrected chi connectivity index (χ2v) is 4.00. The second-order valence-electron chi connectivity index (χ2n) is 4.00. The van der Waals surface area contributed by atoms with E-state index in [1.54, 1.807) is 12.3 Å². The molecule has 0 radical (unpaired) electrons. The number of rotatable bonds is 4. The van der Waals surface area contributed by atoms with Crippen LogP contribution in [0.1, 0.15) is 11.5 Å². The largest absolute Gasteiger partial charge is 0.451 e. The minimum absolute atomic E-state index is 0.0424. The number of anilines is 2. The maximum Gasteiger partial charge on any atom is 0.451 e. The van der Waals surface area contributed by atoms with Gasteiger partial charge in [0.25, 0.3) is 0 Å². The standard InChI is InChI=1S/C12H12F3N5/c13-12(14,15)11-19-9(16)7-10(20-11)18-6-4-8-3-1-2-5-17-8/h1-3,5,7H,4,6H2,(H3,16,18,19,20). The van der Waals surface area contributed by atoms with Crippen LogP contribution in [0.25, 0.3) is 0 Å². The highest BCUT2D eigenvalue weighted by atomic mass is 19.4. The summed E-state index contributed by atoms with van der Waals surface area (Å²) in [6.45, 7) is 0.394. The molecule has 0 amide bonds. The van der Waals surface area contributed by atoms with Gasteiger partial charge in [-0.1, -0.05) is 6.07 Å². The van der Waals surface area contributed by atoms with Gasteiger partial charge in [-0.2, -0.15) is 13.2 Å². The lowest BCUT2D eigenvalue weighted by atomic mass is 10.3. The Bertz CT molecular complexity index is 571. The van der Waals surface area contributed by atoms with Gasteiger partial charge in [-0.15, -0.1) is 0 Å². The van der Waals surface area contributed by atoms with E-state index in [1.165, 1.54) is 6.07 Å². The molecule has 0 spiro atoms. The summed E-state index contributed by atoms with van der Waals surface area (Å²) in [7, 11) is 0. The number of aromatic nitrogens is 3. The van der Waals surface area contributed by atoms with Gasteiger partial charge in [-0.3, -0.25) is 4.98 Å². The van der Waals surface area contributed by atoms with Crippen LogP contribution in [-0.4, -0.2) is 21.5 Å². The molecule has 0 aromatic carbocycles. The maximum absolute atomic E-state index is 12.5. The Balaban J connectivity index is 2.01. The van der Waals surface area contributed by atoms with Gasteiger partial charge in [0.15, 0.2) is 0 Å². The number of nitrogens with one attached hydrogen (secondary N) is 1. The molecule has 0 bridgehead atoms. The summed E-state index contributed by atoms with van der Waals surface area (Å²) in [5.41, 5.74) is 6.17. The lowest BCUT2D eigenvalue weighted by molar-refractivity contribution is -0.144. The summed E-state index contributed by atoms with van der Waals surface area (Å²) in [6.07, 6.45) is -2.40. The number of hydrogen-bond acceptors (Lipinski definition) is 5. The minimum Gasteiger partial charge on any atom is -0.384 e. The Morgan fingerprint density at radius 3 is 2.65 bits per heavy atom. The number of halogens is 3. The summed E-state index contributed by atoms with van der Waals surface area (Å²) in [4.78, 5) is 10.7. The molecule has 5 nitrogen and oxygen atoms in total. The second kappa shape index (κ2) is 5.72. The van der Waals surface area contributed by atoms with Gasteiger partial charge in [0.1, 0.15) is 11.6 Å². The fourth-order valence-corrected chi connectivity index (χ4v) is 1.55. The SMILES string of the molecule is Nc1cc(NCCc2ccccn2)nc(C(F)(F)F)n1. The Morgan fingerprint density at radius 1 is 1.20 bits per heavy atom. The first-order valence-corrected chi connectivity index (χ1v) is 5.80. The van der Waals surface area contributed by atoms with Gasteiger partial charge in [-0.25, -0.2) is 9.97 Å². The number of pyridine rings is 1. The third-order valence-electron chi connectivity index (χ3n) is 2.41. The lowest BCUT2D eigenvalue weighted by Gasteiger charge is -2.09. The van der Waals surface area contributed by atoms with Gasteiger partial charge < -0.3 is 11.1 Å². The van der Waals surface area contributed by atoms with Crippen molar-refractivity contribution in [1.82, 2.24) is 15.0 Å².